The summed E-state index contributed by atoms with van der Waals surface area (Å²) in [7, 11) is 0. The van der Waals surface area contributed by atoms with Crippen molar-refractivity contribution in [2.45, 2.75) is 26.8 Å². The molecule has 0 fully saturated rings. The second kappa shape index (κ2) is 4.09. The number of aromatic nitrogens is 3. The molecular weight excluding hydrogens is 206 g/mol. The molecule has 5 heteroatoms. The van der Waals surface area contributed by atoms with E-state index in [0.717, 1.165) is 5.69 Å². The van der Waals surface area contributed by atoms with Crippen LogP contribution in [0.4, 0.5) is 0 Å². The summed E-state index contributed by atoms with van der Waals surface area (Å²) in [5, 5.41) is 9.40. The fourth-order valence-electron chi connectivity index (χ4n) is 1.83. The fraction of sp³-hybridized carbons (Fsp3) is 0.455. The van der Waals surface area contributed by atoms with Gasteiger partial charge in [-0.1, -0.05) is 0 Å². The Morgan fingerprint density at radius 1 is 1.50 bits per heavy atom. The summed E-state index contributed by atoms with van der Waals surface area (Å²) in [5.41, 5.74) is 1.53. The first-order chi connectivity index (χ1) is 7.63. The third kappa shape index (κ3) is 1.74. The normalized spacial score (nSPS) is 11.2. The maximum absolute atomic E-state index is 12.1. The predicted molar refractivity (Wildman–Crippen MR) is 61.5 cm³/mol. The largest absolute Gasteiger partial charge is 0.396 e. The zero-order valence-corrected chi connectivity index (χ0v) is 9.45. The molecule has 0 aliphatic heterocycles. The van der Waals surface area contributed by atoms with Crippen molar-refractivity contribution in [2.24, 2.45) is 0 Å². The lowest BCUT2D eigenvalue weighted by Crippen LogP contribution is -2.24. The summed E-state index contributed by atoms with van der Waals surface area (Å²) in [5.74, 6) is 0.674. The Balaban J connectivity index is 2.60. The fourth-order valence-corrected chi connectivity index (χ4v) is 1.83. The minimum atomic E-state index is -0.0414. The molecule has 16 heavy (non-hydrogen) atoms. The van der Waals surface area contributed by atoms with Crippen molar-refractivity contribution in [1.82, 2.24) is 14.5 Å². The number of hydrogen-bond donors (Lipinski definition) is 2. The second-order valence-corrected chi connectivity index (χ2v) is 3.91. The quantitative estimate of drug-likeness (QED) is 0.802. The van der Waals surface area contributed by atoms with E-state index in [2.05, 4.69) is 9.97 Å². The molecule has 0 bridgehead atoms. The monoisotopic (exact) mass is 221 g/mol. The number of hydrogen-bond acceptors (Lipinski definition) is 3. The third-order valence-electron chi connectivity index (χ3n) is 2.61. The first kappa shape index (κ1) is 10.9. The summed E-state index contributed by atoms with van der Waals surface area (Å²) in [6.07, 6.45) is 0.567. The lowest BCUT2D eigenvalue weighted by Gasteiger charge is -2.07. The van der Waals surface area contributed by atoms with E-state index < -0.39 is 0 Å². The van der Waals surface area contributed by atoms with Crippen LogP contribution < -0.4 is 5.56 Å². The number of aromatic amines is 1. The Bertz CT molecular complexity index is 568. The number of aliphatic hydroxyl groups is 1. The van der Waals surface area contributed by atoms with Gasteiger partial charge in [-0.25, -0.2) is 4.98 Å². The zero-order chi connectivity index (χ0) is 11.7. The smallest absolute Gasteiger partial charge is 0.263 e. The van der Waals surface area contributed by atoms with Crippen molar-refractivity contribution in [3.63, 3.8) is 0 Å². The van der Waals surface area contributed by atoms with Gasteiger partial charge < -0.3 is 10.1 Å². The number of nitrogens with one attached hydrogen (secondary N) is 1. The molecule has 2 heterocycles. The van der Waals surface area contributed by atoms with Crippen molar-refractivity contribution in [1.29, 1.82) is 0 Å². The summed E-state index contributed by atoms with van der Waals surface area (Å²) in [6.45, 7) is 4.29. The van der Waals surface area contributed by atoms with Gasteiger partial charge in [0.1, 0.15) is 11.5 Å². The number of nitrogens with zero attached hydrogens (tertiary/aromatic N) is 2. The average Bonchev–Trinajstić information content (AvgIpc) is 2.59. The van der Waals surface area contributed by atoms with Gasteiger partial charge >= 0.3 is 0 Å². The van der Waals surface area contributed by atoms with E-state index in [9.17, 15) is 4.79 Å². The number of H-pyrrole nitrogens is 1. The second-order valence-electron chi connectivity index (χ2n) is 3.91. The summed E-state index contributed by atoms with van der Waals surface area (Å²) in [4.78, 5) is 19.5. The van der Waals surface area contributed by atoms with Crippen molar-refractivity contribution >= 4 is 11.0 Å². The molecule has 0 aromatic carbocycles. The van der Waals surface area contributed by atoms with E-state index in [0.29, 0.717) is 29.8 Å². The molecule has 2 N–H and O–H groups in total. The van der Waals surface area contributed by atoms with E-state index in [-0.39, 0.29) is 12.2 Å². The molecule has 86 valence electrons. The van der Waals surface area contributed by atoms with Crippen molar-refractivity contribution < 1.29 is 5.11 Å². The predicted octanol–water partition coefficient (Wildman–Crippen LogP) is 0.724. The average molecular weight is 221 g/mol. The molecule has 0 unspecified atom stereocenters. The molecular formula is C11H15N3O2. The Labute approximate surface area is 92.8 Å². The Kier molecular flexibility index (Phi) is 2.78. The SMILES string of the molecule is Cc1cc2c(=O)n(CCCO)c(C)nc2[nH]1. The van der Waals surface area contributed by atoms with Gasteiger partial charge in [0.15, 0.2) is 0 Å². The maximum atomic E-state index is 12.1. The van der Waals surface area contributed by atoms with Gasteiger partial charge in [-0.2, -0.15) is 0 Å². The Morgan fingerprint density at radius 2 is 2.25 bits per heavy atom. The highest BCUT2D eigenvalue weighted by Gasteiger charge is 2.09. The lowest BCUT2D eigenvalue weighted by atomic mass is 10.3. The zero-order valence-electron chi connectivity index (χ0n) is 9.45. The van der Waals surface area contributed by atoms with Crippen LogP contribution in [0.1, 0.15) is 17.9 Å². The first-order valence-corrected chi connectivity index (χ1v) is 5.31. The molecule has 0 saturated carbocycles. The van der Waals surface area contributed by atoms with Crippen LogP contribution in [0, 0.1) is 13.8 Å². The highest BCUT2D eigenvalue weighted by molar-refractivity contribution is 5.75. The van der Waals surface area contributed by atoms with Gasteiger partial charge in [0.05, 0.1) is 5.39 Å². The molecule has 0 aliphatic rings. The topological polar surface area (TPSA) is 70.9 Å². The van der Waals surface area contributed by atoms with Crippen LogP contribution in [0.2, 0.25) is 0 Å². The van der Waals surface area contributed by atoms with Gasteiger partial charge in [-0.05, 0) is 26.3 Å². The van der Waals surface area contributed by atoms with Gasteiger partial charge in [0.2, 0.25) is 0 Å². The van der Waals surface area contributed by atoms with E-state index >= 15 is 0 Å². The van der Waals surface area contributed by atoms with E-state index in [1.807, 2.05) is 6.92 Å². The molecule has 0 radical (unpaired) electrons. The van der Waals surface area contributed by atoms with E-state index in [1.54, 1.807) is 17.6 Å². The molecule has 0 saturated heterocycles. The van der Waals surface area contributed by atoms with Crippen LogP contribution in [0.25, 0.3) is 11.0 Å². The van der Waals surface area contributed by atoms with Crippen LogP contribution in [-0.4, -0.2) is 26.2 Å². The van der Waals surface area contributed by atoms with Crippen LogP contribution in [0.15, 0.2) is 10.9 Å². The van der Waals surface area contributed by atoms with Gasteiger partial charge in [0, 0.05) is 18.8 Å². The van der Waals surface area contributed by atoms with Crippen LogP contribution >= 0.6 is 0 Å². The highest BCUT2D eigenvalue weighted by Crippen LogP contribution is 2.09. The first-order valence-electron chi connectivity index (χ1n) is 5.31. The summed E-state index contributed by atoms with van der Waals surface area (Å²) >= 11 is 0. The van der Waals surface area contributed by atoms with Gasteiger partial charge in [0.25, 0.3) is 5.56 Å². The van der Waals surface area contributed by atoms with Crippen molar-refractivity contribution in [3.8, 4) is 0 Å². The van der Waals surface area contributed by atoms with Crippen LogP contribution in [-0.2, 0) is 6.54 Å². The van der Waals surface area contributed by atoms with Gasteiger partial charge in [-0.15, -0.1) is 0 Å². The van der Waals surface area contributed by atoms with Gasteiger partial charge in [-0.3, -0.25) is 9.36 Å². The number of aryl methyl sites for hydroxylation is 2. The minimum absolute atomic E-state index is 0.0414. The molecule has 2 aromatic heterocycles. The number of aliphatic hydroxyl groups excluding tert-OH is 1. The standard InChI is InChI=1S/C11H15N3O2/c1-7-6-9-10(12-7)13-8(2)14(11(9)16)4-3-5-15/h6,12,15H,3-5H2,1-2H3. The van der Waals surface area contributed by atoms with Crippen molar-refractivity contribution in [2.75, 3.05) is 6.61 Å². The molecule has 0 aliphatic carbocycles. The summed E-state index contributed by atoms with van der Waals surface area (Å²) < 4.78 is 1.60. The number of fused-ring (bicyclic) bond motifs is 1. The van der Waals surface area contributed by atoms with Crippen molar-refractivity contribution in [3.05, 3.63) is 27.9 Å². The molecule has 0 spiro atoms. The number of rotatable bonds is 3. The molecule has 2 rings (SSSR count). The lowest BCUT2D eigenvalue weighted by molar-refractivity contribution is 0.278. The van der Waals surface area contributed by atoms with Crippen LogP contribution in [0.3, 0.4) is 0 Å². The highest BCUT2D eigenvalue weighted by atomic mass is 16.3. The minimum Gasteiger partial charge on any atom is -0.396 e. The third-order valence-corrected chi connectivity index (χ3v) is 2.61. The van der Waals surface area contributed by atoms with E-state index in [1.165, 1.54) is 0 Å². The molecule has 0 amide bonds. The molecule has 5 nitrogen and oxygen atoms in total. The van der Waals surface area contributed by atoms with Crippen LogP contribution in [0.5, 0.6) is 0 Å². The van der Waals surface area contributed by atoms with E-state index in [4.69, 9.17) is 5.11 Å². The molecule has 0 atom stereocenters. The maximum Gasteiger partial charge on any atom is 0.263 e. The Hall–Kier alpha value is -1.62. The molecule has 2 aromatic rings. The Morgan fingerprint density at radius 3 is 2.94 bits per heavy atom. The summed E-state index contributed by atoms with van der Waals surface area (Å²) in [6, 6.07) is 1.81.